The number of nitrogens with one attached hydrogen (secondary N) is 2. The van der Waals surface area contributed by atoms with Crippen molar-refractivity contribution < 1.29 is 61.9 Å². The van der Waals surface area contributed by atoms with Gasteiger partial charge in [-0.05, 0) is 79.8 Å². The number of carbonyl (C=O) groups is 6. The van der Waals surface area contributed by atoms with Crippen molar-refractivity contribution in [3.8, 4) is 17.2 Å². The molecule has 3 aromatic rings. The molecule has 6 aliphatic heterocycles. The summed E-state index contributed by atoms with van der Waals surface area (Å²) in [6.07, 6.45) is 8.52. The normalized spacial score (nSPS) is 18.3. The zero-order valence-corrected chi connectivity index (χ0v) is 47.5. The fraction of sp³-hybridized carbons (Fsp3) is 0.475. The summed E-state index contributed by atoms with van der Waals surface area (Å²) < 4.78 is 40.9. The molecule has 442 valence electrons. The number of piperazine rings is 1. The maximum Gasteiger partial charge on any atom is 0.257 e. The molecule has 0 aliphatic carbocycles. The van der Waals surface area contributed by atoms with Crippen molar-refractivity contribution in [2.45, 2.75) is 64.3 Å². The minimum Gasteiger partial charge on any atom is -0.493 e. The highest BCUT2D eigenvalue weighted by Crippen LogP contribution is 2.40. The Balaban J connectivity index is 0.687. The number of ether oxygens (including phenoxy) is 7. The number of nitrogens with zero attached hydrogens (tertiary/aromatic N) is 7. The number of methoxy groups -OCH3 is 1. The summed E-state index contributed by atoms with van der Waals surface area (Å²) in [5.41, 5.74) is 7.84. The molecular weight excluding hydrogens is 1070 g/mol. The number of aryl methyl sites for hydroxylation is 1. The molecule has 0 aromatic heterocycles. The third-order valence-electron chi connectivity index (χ3n) is 15.1. The summed E-state index contributed by atoms with van der Waals surface area (Å²) in [5.74, 6) is 0.219. The Labute approximate surface area is 484 Å². The van der Waals surface area contributed by atoms with Gasteiger partial charge in [-0.15, -0.1) is 0 Å². The first kappa shape index (κ1) is 59.8. The number of amides is 6. The molecular formula is C61H75N9O13. The fourth-order valence-electron chi connectivity index (χ4n) is 10.6. The molecule has 83 heavy (non-hydrogen) atoms. The molecule has 2 atom stereocenters. The maximum absolute atomic E-state index is 13.7. The lowest BCUT2D eigenvalue weighted by atomic mass is 10.1. The minimum atomic E-state index is -0.411. The van der Waals surface area contributed by atoms with Gasteiger partial charge in [0, 0.05) is 114 Å². The lowest BCUT2D eigenvalue weighted by molar-refractivity contribution is -0.137. The zero-order valence-electron chi connectivity index (χ0n) is 47.5. The number of aliphatic imine (C=N–C) groups is 2. The summed E-state index contributed by atoms with van der Waals surface area (Å²) in [7, 11) is 1.56. The van der Waals surface area contributed by atoms with Crippen LogP contribution in [0.25, 0.3) is 0 Å². The van der Waals surface area contributed by atoms with Gasteiger partial charge < -0.3 is 58.5 Å². The van der Waals surface area contributed by atoms with Crippen molar-refractivity contribution in [3.05, 3.63) is 107 Å². The number of hydrogen-bond acceptors (Lipinski definition) is 17. The van der Waals surface area contributed by atoms with Gasteiger partial charge in [-0.3, -0.25) is 48.6 Å². The van der Waals surface area contributed by atoms with Crippen LogP contribution in [0.15, 0.2) is 88.9 Å². The summed E-state index contributed by atoms with van der Waals surface area (Å²) in [6, 6.07) is 13.3. The van der Waals surface area contributed by atoms with E-state index in [0.717, 1.165) is 77.6 Å². The van der Waals surface area contributed by atoms with Gasteiger partial charge in [0.05, 0.1) is 94.6 Å². The monoisotopic (exact) mass is 1140 g/mol. The maximum atomic E-state index is 13.7. The van der Waals surface area contributed by atoms with E-state index in [2.05, 4.69) is 51.8 Å². The van der Waals surface area contributed by atoms with Crippen LogP contribution in [0.2, 0.25) is 0 Å². The van der Waals surface area contributed by atoms with Gasteiger partial charge in [0.1, 0.15) is 19.0 Å². The van der Waals surface area contributed by atoms with Gasteiger partial charge in [0.15, 0.2) is 11.5 Å². The average Bonchev–Trinajstić information content (AvgIpc) is 4.37. The van der Waals surface area contributed by atoms with Gasteiger partial charge in [-0.1, -0.05) is 24.3 Å². The first-order valence-electron chi connectivity index (χ1n) is 28.4. The Kier molecular flexibility index (Phi) is 20.9. The second kappa shape index (κ2) is 29.0. The van der Waals surface area contributed by atoms with E-state index in [1.807, 2.05) is 36.4 Å². The first-order chi connectivity index (χ1) is 40.3. The molecule has 22 heteroatoms. The fourth-order valence-corrected chi connectivity index (χ4v) is 10.6. The number of anilines is 1. The lowest BCUT2D eigenvalue weighted by Crippen LogP contribution is -2.47. The van der Waals surface area contributed by atoms with Crippen molar-refractivity contribution in [1.29, 1.82) is 0 Å². The van der Waals surface area contributed by atoms with E-state index in [1.165, 1.54) is 12.2 Å². The summed E-state index contributed by atoms with van der Waals surface area (Å²) in [4.78, 5) is 93.8. The molecule has 3 aromatic carbocycles. The molecule has 6 heterocycles. The molecule has 0 saturated carbocycles. The molecule has 0 bridgehead atoms. The van der Waals surface area contributed by atoms with Crippen molar-refractivity contribution in [2.24, 2.45) is 9.98 Å². The van der Waals surface area contributed by atoms with Crippen molar-refractivity contribution in [3.63, 3.8) is 0 Å². The number of carbonyl (C=O) groups excluding carboxylic acids is 6. The highest BCUT2D eigenvalue weighted by Gasteiger charge is 2.36. The standard InChI is InChI=1S/C61H75N9O13/c1-41-26-47-35-64-51-33-53(43(3)28-49(51)60(75)69(47)37-41)82-39-44-29-45(40-83-55-34-52-50(32-54(55)77-4)61(76)70-38-42(2)27-48(70)36-65-52)31-46(30-44)67-16-14-66(15-17-67)12-5-10-62-57(72)9-18-78-20-22-80-24-25-81-23-21-79-19-11-63-56(71)8-13-68-58(73)6-7-59(68)74/h6-7,28-36,47-48H,1-2,5,8-27,37-40H2,3-4H3,(H,62,72)(H,63,71)/t47-,48-/m0/s1. The first-order valence-corrected chi connectivity index (χ1v) is 28.4. The molecule has 0 unspecified atom stereocenters. The van der Waals surface area contributed by atoms with Crippen LogP contribution in [0, 0.1) is 6.92 Å². The molecule has 2 N–H and O–H groups in total. The van der Waals surface area contributed by atoms with Crippen LogP contribution >= 0.6 is 0 Å². The van der Waals surface area contributed by atoms with Crippen molar-refractivity contribution in [1.82, 2.24) is 30.2 Å². The number of hydrogen-bond donors (Lipinski definition) is 2. The predicted octanol–water partition coefficient (Wildman–Crippen LogP) is 4.65. The minimum absolute atomic E-state index is 0.0302. The van der Waals surface area contributed by atoms with Crippen LogP contribution in [0.5, 0.6) is 17.2 Å². The highest BCUT2D eigenvalue weighted by atomic mass is 16.6. The Morgan fingerprint density at radius 3 is 1.73 bits per heavy atom. The quantitative estimate of drug-likeness (QED) is 0.0526. The van der Waals surface area contributed by atoms with Crippen molar-refractivity contribution >= 4 is 64.9 Å². The predicted molar refractivity (Wildman–Crippen MR) is 310 cm³/mol. The Morgan fingerprint density at radius 2 is 1.13 bits per heavy atom. The Hall–Kier alpha value is -7.76. The van der Waals surface area contributed by atoms with Crippen LogP contribution in [-0.2, 0) is 51.3 Å². The summed E-state index contributed by atoms with van der Waals surface area (Å²) in [5, 5.41) is 5.70. The van der Waals surface area contributed by atoms with Crippen LogP contribution in [0.1, 0.15) is 69.5 Å². The van der Waals surface area contributed by atoms with E-state index in [9.17, 15) is 28.8 Å². The van der Waals surface area contributed by atoms with E-state index < -0.39 is 11.8 Å². The SMILES string of the molecule is C=C1C[C@H]2C=Nc3cc(OCc4cc(COc5cc6c(cc5OC)C(=O)N5CC(=C)C[C@H]5C=N6)cc(N5CCN(CCCNC(=O)CCOCCOCCOCCOCCNC(=O)CCN6C(=O)C=CC6=O)CC5)c4)c(C)cc3C(=O)N2C1. The second-order valence-electron chi connectivity index (χ2n) is 21.2. The van der Waals surface area contributed by atoms with E-state index in [1.54, 1.807) is 24.1 Å². The van der Waals surface area contributed by atoms with Gasteiger partial charge in [-0.25, -0.2) is 0 Å². The number of rotatable bonds is 30. The highest BCUT2D eigenvalue weighted by molar-refractivity contribution is 6.13. The molecule has 3 fully saturated rings. The van der Waals surface area contributed by atoms with E-state index >= 15 is 0 Å². The van der Waals surface area contributed by atoms with Gasteiger partial charge in [-0.2, -0.15) is 0 Å². The zero-order chi connectivity index (χ0) is 58.2. The van der Waals surface area contributed by atoms with Gasteiger partial charge in [0.25, 0.3) is 23.6 Å². The summed E-state index contributed by atoms with van der Waals surface area (Å²) >= 11 is 0. The number of imide groups is 1. The Morgan fingerprint density at radius 1 is 0.602 bits per heavy atom. The number of benzene rings is 3. The van der Waals surface area contributed by atoms with E-state index in [4.69, 9.17) is 43.1 Å². The number of fused-ring (bicyclic) bond motifs is 4. The van der Waals surface area contributed by atoms with Crippen LogP contribution < -0.4 is 29.7 Å². The van der Waals surface area contributed by atoms with Crippen LogP contribution in [0.3, 0.4) is 0 Å². The molecule has 3 saturated heterocycles. The van der Waals surface area contributed by atoms with Gasteiger partial charge in [0.2, 0.25) is 11.8 Å². The molecule has 9 rings (SSSR count). The van der Waals surface area contributed by atoms with Gasteiger partial charge >= 0.3 is 0 Å². The van der Waals surface area contributed by atoms with Crippen LogP contribution in [-0.4, -0.2) is 205 Å². The largest absolute Gasteiger partial charge is 0.493 e. The molecule has 0 spiro atoms. The molecule has 6 amide bonds. The second-order valence-corrected chi connectivity index (χ2v) is 21.2. The van der Waals surface area contributed by atoms with E-state index in [-0.39, 0.29) is 68.3 Å². The average molecular weight is 1140 g/mol. The van der Waals surface area contributed by atoms with Crippen LogP contribution in [0.4, 0.5) is 17.1 Å². The smallest absolute Gasteiger partial charge is 0.257 e. The third-order valence-corrected chi connectivity index (χ3v) is 15.1. The topological polar surface area (TPSA) is 232 Å². The molecule has 6 aliphatic rings. The van der Waals surface area contributed by atoms with E-state index in [0.29, 0.717) is 132 Å². The lowest BCUT2D eigenvalue weighted by Gasteiger charge is -2.36. The summed E-state index contributed by atoms with van der Waals surface area (Å²) in [6.45, 7) is 19.4. The molecule has 0 radical (unpaired) electrons. The van der Waals surface area contributed by atoms with Crippen molar-refractivity contribution in [2.75, 3.05) is 130 Å². The molecule has 22 nitrogen and oxygen atoms in total. The third kappa shape index (κ3) is 16.1. The Bertz CT molecular complexity index is 2990.